The molecule has 2 atom stereocenters. The summed E-state index contributed by atoms with van der Waals surface area (Å²) in [7, 11) is 1.49. The minimum Gasteiger partial charge on any atom is -0.469 e. The molecule has 5 rings (SSSR count). The number of nitrogens with zero attached hydrogens (tertiary/aromatic N) is 5. The molecule has 3 aliphatic carbocycles. The third kappa shape index (κ3) is 3.42. The van der Waals surface area contributed by atoms with Gasteiger partial charge in [0.1, 0.15) is 0 Å². The van der Waals surface area contributed by atoms with E-state index in [0.29, 0.717) is 12.1 Å². The number of aryl methyl sites for hydroxylation is 1. The van der Waals surface area contributed by atoms with E-state index in [1.165, 1.54) is 20.0 Å². The molecule has 9 nitrogen and oxygen atoms in total. The maximum Gasteiger partial charge on any atom is 0.309 e. The Kier molecular flexibility index (Phi) is 5.08. The number of hydrogen-bond donors (Lipinski definition) is 2. The summed E-state index contributed by atoms with van der Waals surface area (Å²) in [6, 6.07) is 0.657. The standard InChI is InChI=1S/C21H31N7O2/c1-13-16(12-22-24-13)18(19-25-26-27-28(19)15-5-3-4-6-15)23-14-7-9-21(10-8-14)11-17(21)20(29)30-2/h12,14-15,17-18,23H,3-11H2,1-2H3,(H,22,24). The van der Waals surface area contributed by atoms with E-state index in [0.717, 1.165) is 62.0 Å². The Morgan fingerprint density at radius 2 is 2.07 bits per heavy atom. The number of methoxy groups -OCH3 is 1. The van der Waals surface area contributed by atoms with Crippen molar-refractivity contribution in [1.82, 2.24) is 35.7 Å². The van der Waals surface area contributed by atoms with Gasteiger partial charge in [-0.15, -0.1) is 5.10 Å². The molecule has 3 saturated carbocycles. The van der Waals surface area contributed by atoms with Crippen LogP contribution < -0.4 is 5.32 Å². The normalized spacial score (nSPS) is 29.9. The first-order chi connectivity index (χ1) is 14.6. The number of nitrogens with one attached hydrogen (secondary N) is 2. The third-order valence-corrected chi connectivity index (χ3v) is 7.69. The van der Waals surface area contributed by atoms with E-state index in [-0.39, 0.29) is 23.3 Å². The second kappa shape index (κ2) is 7.76. The number of ether oxygens (including phenoxy) is 1. The highest BCUT2D eigenvalue weighted by Crippen LogP contribution is 2.61. The van der Waals surface area contributed by atoms with Gasteiger partial charge in [0.15, 0.2) is 5.82 Å². The lowest BCUT2D eigenvalue weighted by atomic mass is 9.81. The summed E-state index contributed by atoms with van der Waals surface area (Å²) in [5.41, 5.74) is 2.31. The topological polar surface area (TPSA) is 111 Å². The zero-order valence-corrected chi connectivity index (χ0v) is 17.8. The molecule has 2 aromatic heterocycles. The van der Waals surface area contributed by atoms with Crippen molar-refractivity contribution in [2.24, 2.45) is 11.3 Å². The summed E-state index contributed by atoms with van der Waals surface area (Å²) in [5.74, 6) is 0.944. The van der Waals surface area contributed by atoms with Crippen molar-refractivity contribution < 1.29 is 9.53 Å². The van der Waals surface area contributed by atoms with Crippen molar-refractivity contribution in [3.63, 3.8) is 0 Å². The minimum atomic E-state index is -0.0889. The van der Waals surface area contributed by atoms with Gasteiger partial charge < -0.3 is 10.1 Å². The van der Waals surface area contributed by atoms with Crippen LogP contribution >= 0.6 is 0 Å². The van der Waals surface area contributed by atoms with Crippen LogP contribution in [-0.2, 0) is 9.53 Å². The van der Waals surface area contributed by atoms with Gasteiger partial charge in [0.25, 0.3) is 0 Å². The summed E-state index contributed by atoms with van der Waals surface area (Å²) in [5, 5.41) is 24.0. The molecule has 0 aliphatic heterocycles. The predicted molar refractivity (Wildman–Crippen MR) is 108 cm³/mol. The van der Waals surface area contributed by atoms with Gasteiger partial charge in [0.2, 0.25) is 0 Å². The second-order valence-electron chi connectivity index (χ2n) is 9.39. The number of hydrogen-bond acceptors (Lipinski definition) is 7. The van der Waals surface area contributed by atoms with Crippen LogP contribution in [0.2, 0.25) is 0 Å². The molecule has 2 unspecified atom stereocenters. The molecule has 0 amide bonds. The molecule has 2 heterocycles. The fraction of sp³-hybridized carbons (Fsp3) is 0.762. The maximum absolute atomic E-state index is 11.9. The summed E-state index contributed by atoms with van der Waals surface area (Å²) >= 11 is 0. The van der Waals surface area contributed by atoms with Crippen molar-refractivity contribution in [2.45, 2.75) is 82.8 Å². The van der Waals surface area contributed by atoms with Crippen LogP contribution in [0.3, 0.4) is 0 Å². The number of carbonyl (C=O) groups excluding carboxylic acids is 1. The average molecular weight is 414 g/mol. The monoisotopic (exact) mass is 413 g/mol. The molecule has 1 spiro atoms. The molecule has 2 N–H and O–H groups in total. The van der Waals surface area contributed by atoms with Gasteiger partial charge >= 0.3 is 5.97 Å². The summed E-state index contributed by atoms with van der Waals surface area (Å²) in [6.45, 7) is 2.04. The van der Waals surface area contributed by atoms with Gasteiger partial charge in [-0.1, -0.05) is 12.8 Å². The molecule has 3 fully saturated rings. The van der Waals surface area contributed by atoms with Gasteiger partial charge in [-0.05, 0) is 67.7 Å². The van der Waals surface area contributed by atoms with Gasteiger partial charge in [0, 0.05) is 17.3 Å². The van der Waals surface area contributed by atoms with Crippen molar-refractivity contribution in [3.8, 4) is 0 Å². The van der Waals surface area contributed by atoms with Crippen LogP contribution in [-0.4, -0.2) is 49.5 Å². The van der Waals surface area contributed by atoms with Crippen molar-refractivity contribution in [2.75, 3.05) is 7.11 Å². The Labute approximate surface area is 176 Å². The molecule has 30 heavy (non-hydrogen) atoms. The molecular formula is C21H31N7O2. The first-order valence-corrected chi connectivity index (χ1v) is 11.2. The zero-order valence-electron chi connectivity index (χ0n) is 17.8. The fourth-order valence-electron chi connectivity index (χ4n) is 5.72. The number of rotatable bonds is 6. The van der Waals surface area contributed by atoms with Crippen LogP contribution in [0.5, 0.6) is 0 Å². The van der Waals surface area contributed by atoms with E-state index in [2.05, 4.69) is 31.0 Å². The number of carbonyl (C=O) groups is 1. The van der Waals surface area contributed by atoms with Crippen molar-refractivity contribution in [1.29, 1.82) is 0 Å². The number of aromatic nitrogens is 6. The Balaban J connectivity index is 1.33. The smallest absolute Gasteiger partial charge is 0.309 e. The van der Waals surface area contributed by atoms with Gasteiger partial charge in [-0.2, -0.15) is 5.10 Å². The highest BCUT2D eigenvalue weighted by molar-refractivity contribution is 5.76. The quantitative estimate of drug-likeness (QED) is 0.700. The lowest BCUT2D eigenvalue weighted by Gasteiger charge is -2.32. The third-order valence-electron chi connectivity index (χ3n) is 7.69. The van der Waals surface area contributed by atoms with E-state index in [9.17, 15) is 4.79 Å². The highest BCUT2D eigenvalue weighted by Gasteiger charge is 2.59. The Hall–Kier alpha value is -2.29. The van der Waals surface area contributed by atoms with Crippen LogP contribution in [0.15, 0.2) is 6.20 Å². The van der Waals surface area contributed by atoms with Crippen LogP contribution in [0.25, 0.3) is 0 Å². The van der Waals surface area contributed by atoms with E-state index in [1.807, 2.05) is 17.8 Å². The molecule has 9 heteroatoms. The fourth-order valence-corrected chi connectivity index (χ4v) is 5.72. The predicted octanol–water partition coefficient (Wildman–Crippen LogP) is 2.62. The van der Waals surface area contributed by atoms with Crippen molar-refractivity contribution >= 4 is 5.97 Å². The number of tetrazole rings is 1. The van der Waals surface area contributed by atoms with E-state index in [4.69, 9.17) is 4.74 Å². The summed E-state index contributed by atoms with van der Waals surface area (Å²) in [6.07, 6.45) is 11.8. The maximum atomic E-state index is 11.9. The van der Waals surface area contributed by atoms with E-state index in [1.54, 1.807) is 0 Å². The molecule has 0 radical (unpaired) electrons. The number of H-pyrrole nitrogens is 1. The Morgan fingerprint density at radius 3 is 2.73 bits per heavy atom. The largest absolute Gasteiger partial charge is 0.469 e. The Bertz CT molecular complexity index is 893. The molecule has 162 valence electrons. The minimum absolute atomic E-state index is 0.0379. The van der Waals surface area contributed by atoms with Gasteiger partial charge in [0.05, 0.1) is 31.3 Å². The van der Waals surface area contributed by atoms with E-state index < -0.39 is 0 Å². The molecule has 3 aliphatic rings. The van der Waals surface area contributed by atoms with Crippen molar-refractivity contribution in [3.05, 3.63) is 23.3 Å². The average Bonchev–Trinajstić information content (AvgIpc) is 3.26. The summed E-state index contributed by atoms with van der Waals surface area (Å²) in [4.78, 5) is 11.9. The molecule has 0 aromatic carbocycles. The Morgan fingerprint density at radius 1 is 1.30 bits per heavy atom. The van der Waals surface area contributed by atoms with E-state index >= 15 is 0 Å². The first-order valence-electron chi connectivity index (χ1n) is 11.2. The zero-order chi connectivity index (χ0) is 20.7. The van der Waals surface area contributed by atoms with Gasteiger partial charge in [-0.3, -0.25) is 9.89 Å². The van der Waals surface area contributed by atoms with Gasteiger partial charge in [-0.25, -0.2) is 4.68 Å². The van der Waals surface area contributed by atoms with Crippen LogP contribution in [0.4, 0.5) is 0 Å². The SMILES string of the molecule is COC(=O)C1CC12CCC(NC(c1cn[nH]c1C)c1nnnn1C1CCCC1)CC2. The molecular weight excluding hydrogens is 382 g/mol. The van der Waals surface area contributed by atoms with Crippen LogP contribution in [0.1, 0.15) is 87.0 Å². The first kappa shape index (κ1) is 19.7. The molecule has 0 bridgehead atoms. The number of esters is 1. The summed E-state index contributed by atoms with van der Waals surface area (Å²) < 4.78 is 7.01. The number of aromatic amines is 1. The lowest BCUT2D eigenvalue weighted by Crippen LogP contribution is -2.39. The highest BCUT2D eigenvalue weighted by atomic mass is 16.5. The molecule has 0 saturated heterocycles. The lowest BCUT2D eigenvalue weighted by molar-refractivity contribution is -0.143. The second-order valence-corrected chi connectivity index (χ2v) is 9.39. The van der Waals surface area contributed by atoms with Crippen LogP contribution in [0, 0.1) is 18.3 Å². The molecule has 2 aromatic rings.